The summed E-state index contributed by atoms with van der Waals surface area (Å²) in [4.78, 5) is 0. The van der Waals surface area contributed by atoms with Crippen molar-refractivity contribution in [3.8, 4) is 16.8 Å². The van der Waals surface area contributed by atoms with Crippen LogP contribution >= 0.6 is 0 Å². The average molecular weight is 424 g/mol. The van der Waals surface area contributed by atoms with E-state index in [1.807, 2.05) is 7.05 Å². The third kappa shape index (κ3) is 4.12. The summed E-state index contributed by atoms with van der Waals surface area (Å²) in [6, 6.07) is 17.9. The van der Waals surface area contributed by atoms with Crippen molar-refractivity contribution >= 4 is 16.5 Å². The molecule has 1 N–H and O–H groups in total. The molecular weight excluding hydrogens is 390 g/mol. The van der Waals surface area contributed by atoms with Crippen molar-refractivity contribution in [1.82, 2.24) is 0 Å². The number of hydrogen-bond acceptors (Lipinski definition) is 1. The fourth-order valence-corrected chi connectivity index (χ4v) is 4.91. The van der Waals surface area contributed by atoms with E-state index in [4.69, 9.17) is 0 Å². The molecule has 1 fully saturated rings. The van der Waals surface area contributed by atoms with Crippen LogP contribution in [0.4, 0.5) is 5.69 Å². The molecule has 0 saturated heterocycles. The number of rotatable bonds is 5. The molecule has 0 bridgehead atoms. The van der Waals surface area contributed by atoms with Gasteiger partial charge in [0.1, 0.15) is 7.05 Å². The van der Waals surface area contributed by atoms with Crippen LogP contribution in [0, 0.1) is 19.8 Å². The lowest BCUT2D eigenvalue weighted by Crippen LogP contribution is -2.29. The minimum atomic E-state index is 0.818. The molecule has 3 heteroatoms. The van der Waals surface area contributed by atoms with Crippen LogP contribution in [0.25, 0.3) is 27.6 Å². The van der Waals surface area contributed by atoms with Crippen molar-refractivity contribution in [2.24, 2.45) is 13.0 Å². The maximum absolute atomic E-state index is 3.78. The predicted octanol–water partition coefficient (Wildman–Crippen LogP) is 5.83. The zero-order valence-electron chi connectivity index (χ0n) is 19.4. The Morgan fingerprint density at radius 1 is 0.781 bits per heavy atom. The highest BCUT2D eigenvalue weighted by Crippen LogP contribution is 2.31. The quantitative estimate of drug-likeness (QED) is 0.401. The largest absolute Gasteiger partial charge is 0.384 e. The summed E-state index contributed by atoms with van der Waals surface area (Å²) in [6.45, 7) is 5.50. The first-order valence-corrected chi connectivity index (χ1v) is 11.8. The second-order valence-corrected chi connectivity index (χ2v) is 9.39. The van der Waals surface area contributed by atoms with Crippen molar-refractivity contribution in [3.63, 3.8) is 0 Å². The summed E-state index contributed by atoms with van der Waals surface area (Å²) in [7, 11) is 2.05. The molecule has 1 aliphatic carbocycles. The summed E-state index contributed by atoms with van der Waals surface area (Å²) in [5, 5.41) is 6.39. The Hall–Kier alpha value is -3.20. The number of aryl methyl sites for hydroxylation is 3. The van der Waals surface area contributed by atoms with Gasteiger partial charge in [0.2, 0.25) is 5.69 Å². The van der Waals surface area contributed by atoms with Gasteiger partial charge < -0.3 is 5.32 Å². The van der Waals surface area contributed by atoms with Gasteiger partial charge in [0.15, 0.2) is 24.8 Å². The number of pyridine rings is 2. The van der Waals surface area contributed by atoms with Gasteiger partial charge in [-0.2, -0.15) is 4.57 Å². The van der Waals surface area contributed by atoms with Crippen molar-refractivity contribution in [2.45, 2.75) is 39.5 Å². The number of benzene rings is 2. The smallest absolute Gasteiger partial charge is 0.218 e. The van der Waals surface area contributed by atoms with E-state index in [0.29, 0.717) is 0 Å². The number of nitrogens with zero attached hydrogens (tertiary/aromatic N) is 2. The summed E-state index contributed by atoms with van der Waals surface area (Å²) in [6.07, 6.45) is 14.0. The number of hydrogen-bond donors (Lipinski definition) is 1. The number of anilines is 1. The molecule has 0 spiro atoms. The molecular formula is C29H33N3+2. The van der Waals surface area contributed by atoms with Crippen LogP contribution in [-0.4, -0.2) is 6.54 Å². The molecule has 0 amide bonds. The molecule has 0 unspecified atom stereocenters. The van der Waals surface area contributed by atoms with E-state index in [0.717, 1.165) is 12.5 Å². The van der Waals surface area contributed by atoms with Crippen molar-refractivity contribution in [2.75, 3.05) is 11.9 Å². The third-order valence-corrected chi connectivity index (χ3v) is 7.08. The van der Waals surface area contributed by atoms with Gasteiger partial charge in [-0.25, -0.2) is 4.57 Å². The standard InChI is InChI=1S/C29H32N3/c1-21-18-26-27(19-22(21)2)29(9-8-28(26)30-20-23-6-4-5-7-23)32-16-12-25(13-17-32)24-10-14-31(3)15-11-24/h8-19,23H,4-7,20H2,1-3H3/q+1/p+1. The lowest BCUT2D eigenvalue weighted by Gasteiger charge is -2.15. The summed E-state index contributed by atoms with van der Waals surface area (Å²) in [5.74, 6) is 0.818. The van der Waals surface area contributed by atoms with Crippen LogP contribution < -0.4 is 14.5 Å². The normalized spacial score (nSPS) is 14.2. The van der Waals surface area contributed by atoms with E-state index in [-0.39, 0.29) is 0 Å². The van der Waals surface area contributed by atoms with Crippen LogP contribution in [0.3, 0.4) is 0 Å². The Morgan fingerprint density at radius 2 is 1.38 bits per heavy atom. The number of nitrogens with one attached hydrogen (secondary N) is 1. The first-order valence-electron chi connectivity index (χ1n) is 11.8. The molecule has 2 aromatic heterocycles. The van der Waals surface area contributed by atoms with Gasteiger partial charge in [0.25, 0.3) is 0 Å². The molecule has 0 atom stereocenters. The molecule has 0 radical (unpaired) electrons. The molecule has 162 valence electrons. The number of aromatic nitrogens is 2. The maximum Gasteiger partial charge on any atom is 0.218 e. The maximum atomic E-state index is 3.78. The highest BCUT2D eigenvalue weighted by molar-refractivity contribution is 5.99. The predicted molar refractivity (Wildman–Crippen MR) is 132 cm³/mol. The van der Waals surface area contributed by atoms with Gasteiger partial charge in [-0.1, -0.05) is 12.8 Å². The first kappa shape index (κ1) is 20.7. The minimum absolute atomic E-state index is 0.818. The fraction of sp³-hybridized carbons (Fsp3) is 0.310. The Bertz CT molecular complexity index is 1230. The van der Waals surface area contributed by atoms with Gasteiger partial charge in [-0.15, -0.1) is 0 Å². The van der Waals surface area contributed by atoms with Crippen LogP contribution in [-0.2, 0) is 7.05 Å². The third-order valence-electron chi connectivity index (χ3n) is 7.08. The molecule has 5 rings (SSSR count). The van der Waals surface area contributed by atoms with E-state index in [1.54, 1.807) is 0 Å². The molecule has 0 aliphatic heterocycles. The Labute approximate surface area is 191 Å². The molecule has 1 aliphatic rings. The fourth-order valence-electron chi connectivity index (χ4n) is 4.91. The van der Waals surface area contributed by atoms with E-state index in [2.05, 4.69) is 102 Å². The summed E-state index contributed by atoms with van der Waals surface area (Å²) >= 11 is 0. The van der Waals surface area contributed by atoms with Crippen LogP contribution in [0.5, 0.6) is 0 Å². The van der Waals surface area contributed by atoms with Crippen molar-refractivity contribution in [3.05, 3.63) is 84.4 Å². The van der Waals surface area contributed by atoms with Crippen LogP contribution in [0.15, 0.2) is 73.3 Å². The average Bonchev–Trinajstić information content (AvgIpc) is 3.33. The van der Waals surface area contributed by atoms with Gasteiger partial charge in [-0.3, -0.25) is 0 Å². The monoisotopic (exact) mass is 423 g/mol. The molecule has 3 nitrogen and oxygen atoms in total. The molecule has 2 heterocycles. The van der Waals surface area contributed by atoms with Gasteiger partial charge in [0, 0.05) is 48.0 Å². The van der Waals surface area contributed by atoms with Crippen LogP contribution in [0.2, 0.25) is 0 Å². The molecule has 32 heavy (non-hydrogen) atoms. The summed E-state index contributed by atoms with van der Waals surface area (Å²) in [5.41, 5.74) is 7.62. The molecule has 1 saturated carbocycles. The highest BCUT2D eigenvalue weighted by Gasteiger charge is 2.18. The van der Waals surface area contributed by atoms with Gasteiger partial charge >= 0.3 is 0 Å². The Morgan fingerprint density at radius 3 is 2.03 bits per heavy atom. The van der Waals surface area contributed by atoms with Gasteiger partial charge in [-0.05, 0) is 73.1 Å². The highest BCUT2D eigenvalue weighted by atomic mass is 14.9. The van der Waals surface area contributed by atoms with E-state index >= 15 is 0 Å². The van der Waals surface area contributed by atoms with Gasteiger partial charge in [0.05, 0.1) is 5.39 Å². The number of fused-ring (bicyclic) bond motifs is 1. The van der Waals surface area contributed by atoms with E-state index in [9.17, 15) is 0 Å². The lowest BCUT2D eigenvalue weighted by atomic mass is 9.99. The van der Waals surface area contributed by atoms with Crippen LogP contribution in [0.1, 0.15) is 36.8 Å². The zero-order chi connectivity index (χ0) is 22.1. The minimum Gasteiger partial charge on any atom is -0.384 e. The zero-order valence-corrected chi connectivity index (χ0v) is 19.4. The molecule has 4 aromatic rings. The lowest BCUT2D eigenvalue weighted by molar-refractivity contribution is -0.671. The second kappa shape index (κ2) is 8.74. The van der Waals surface area contributed by atoms with E-state index < -0.39 is 0 Å². The Balaban J connectivity index is 1.51. The van der Waals surface area contributed by atoms with E-state index in [1.165, 1.54) is 70.1 Å². The van der Waals surface area contributed by atoms with Crippen molar-refractivity contribution < 1.29 is 9.13 Å². The second-order valence-electron chi connectivity index (χ2n) is 9.39. The van der Waals surface area contributed by atoms with Crippen molar-refractivity contribution in [1.29, 1.82) is 0 Å². The molecule has 2 aromatic carbocycles. The first-order chi connectivity index (χ1) is 15.6. The SMILES string of the molecule is Cc1cc2c(NCC3CCCC3)ccc(-[n+]3ccc(-c4cc[n+](C)cc4)cc3)c2cc1C. The summed E-state index contributed by atoms with van der Waals surface area (Å²) < 4.78 is 4.30. The topological polar surface area (TPSA) is 19.8 Å². The Kier molecular flexibility index (Phi) is 5.65.